The highest BCUT2D eigenvalue weighted by Gasteiger charge is 2.12. The highest BCUT2D eigenvalue weighted by atomic mass is 15.1. The monoisotopic (exact) mass is 227 g/mol. The summed E-state index contributed by atoms with van der Waals surface area (Å²) in [7, 11) is 2.30. The van der Waals surface area contributed by atoms with Crippen LogP contribution in [0.3, 0.4) is 0 Å². The van der Waals surface area contributed by atoms with Crippen molar-refractivity contribution < 1.29 is 0 Å². The van der Waals surface area contributed by atoms with Crippen molar-refractivity contribution in [2.24, 2.45) is 11.8 Å². The number of rotatable bonds is 10. The number of hydrogen-bond acceptors (Lipinski definition) is 1. The summed E-state index contributed by atoms with van der Waals surface area (Å²) in [4.78, 5) is 2.56. The van der Waals surface area contributed by atoms with E-state index in [1.807, 2.05) is 0 Å². The van der Waals surface area contributed by atoms with Gasteiger partial charge in [-0.2, -0.15) is 0 Å². The molecule has 0 aliphatic heterocycles. The minimum Gasteiger partial charge on any atom is -0.306 e. The van der Waals surface area contributed by atoms with Crippen molar-refractivity contribution in [3.05, 3.63) is 0 Å². The summed E-state index contributed by atoms with van der Waals surface area (Å²) in [5, 5.41) is 0. The zero-order chi connectivity index (χ0) is 12.4. The van der Waals surface area contributed by atoms with E-state index in [-0.39, 0.29) is 0 Å². The highest BCUT2D eigenvalue weighted by molar-refractivity contribution is 4.66. The highest BCUT2D eigenvalue weighted by Crippen LogP contribution is 2.16. The first kappa shape index (κ1) is 16.0. The molecule has 0 aromatic rings. The Bertz CT molecular complexity index is 128. The maximum atomic E-state index is 2.56. The third kappa shape index (κ3) is 7.27. The van der Waals surface area contributed by atoms with Crippen LogP contribution in [0.5, 0.6) is 0 Å². The molecule has 0 fully saturated rings. The van der Waals surface area contributed by atoms with Crippen molar-refractivity contribution in [2.75, 3.05) is 20.1 Å². The van der Waals surface area contributed by atoms with E-state index >= 15 is 0 Å². The molecule has 0 aromatic heterocycles. The van der Waals surface area contributed by atoms with Gasteiger partial charge in [-0.15, -0.1) is 0 Å². The van der Waals surface area contributed by atoms with E-state index in [9.17, 15) is 0 Å². The van der Waals surface area contributed by atoms with Crippen LogP contribution in [0.2, 0.25) is 0 Å². The fourth-order valence-electron chi connectivity index (χ4n) is 2.62. The van der Waals surface area contributed by atoms with Crippen molar-refractivity contribution in [2.45, 2.75) is 66.2 Å². The lowest BCUT2D eigenvalue weighted by Gasteiger charge is -2.26. The molecule has 0 saturated carbocycles. The van der Waals surface area contributed by atoms with Crippen molar-refractivity contribution in [1.29, 1.82) is 0 Å². The van der Waals surface area contributed by atoms with Gasteiger partial charge in [0, 0.05) is 13.1 Å². The molecule has 0 spiro atoms. The normalized spacial score (nSPS) is 15.4. The number of hydrogen-bond donors (Lipinski definition) is 0. The Labute approximate surface area is 104 Å². The predicted octanol–water partition coefficient (Wildman–Crippen LogP) is 4.57. The minimum atomic E-state index is 0.911. The van der Waals surface area contributed by atoms with Crippen molar-refractivity contribution in [3.63, 3.8) is 0 Å². The first-order valence-electron chi connectivity index (χ1n) is 7.36. The maximum Gasteiger partial charge on any atom is 0.000662 e. The van der Waals surface area contributed by atoms with Gasteiger partial charge in [-0.25, -0.2) is 0 Å². The summed E-state index contributed by atoms with van der Waals surface area (Å²) < 4.78 is 0. The van der Waals surface area contributed by atoms with Crippen molar-refractivity contribution in [3.8, 4) is 0 Å². The fourth-order valence-corrected chi connectivity index (χ4v) is 2.62. The maximum absolute atomic E-state index is 2.56. The van der Waals surface area contributed by atoms with Gasteiger partial charge < -0.3 is 4.90 Å². The third-order valence-corrected chi connectivity index (χ3v) is 3.69. The first-order valence-corrected chi connectivity index (χ1v) is 7.36. The van der Waals surface area contributed by atoms with E-state index in [0.717, 1.165) is 11.8 Å². The van der Waals surface area contributed by atoms with Crippen LogP contribution in [0, 0.1) is 11.8 Å². The molecule has 2 unspecified atom stereocenters. The standard InChI is InChI=1S/C15H33N/c1-6-10-14(8-3)12-16(5)13-15(9-4)11-7-2/h14-15H,6-13H2,1-5H3. The summed E-state index contributed by atoms with van der Waals surface area (Å²) in [6.07, 6.45) is 8.12. The molecule has 1 heteroatoms. The Morgan fingerprint density at radius 2 is 1.12 bits per heavy atom. The van der Waals surface area contributed by atoms with Gasteiger partial charge in [-0.05, 0) is 31.7 Å². The van der Waals surface area contributed by atoms with Crippen LogP contribution in [0.25, 0.3) is 0 Å². The van der Waals surface area contributed by atoms with Crippen LogP contribution in [0.15, 0.2) is 0 Å². The molecule has 0 amide bonds. The van der Waals surface area contributed by atoms with Gasteiger partial charge in [-0.3, -0.25) is 0 Å². The summed E-state index contributed by atoms with van der Waals surface area (Å²) in [5.41, 5.74) is 0. The molecule has 2 atom stereocenters. The molecule has 0 N–H and O–H groups in total. The zero-order valence-corrected chi connectivity index (χ0v) is 12.3. The summed E-state index contributed by atoms with van der Waals surface area (Å²) in [6, 6.07) is 0. The second-order valence-corrected chi connectivity index (χ2v) is 5.35. The van der Waals surface area contributed by atoms with Gasteiger partial charge in [0.25, 0.3) is 0 Å². The Kier molecular flexibility index (Phi) is 10.1. The first-order chi connectivity index (χ1) is 7.67. The Balaban J connectivity index is 3.88. The molecule has 0 radical (unpaired) electrons. The average Bonchev–Trinajstić information content (AvgIpc) is 2.27. The van der Waals surface area contributed by atoms with Crippen LogP contribution in [-0.4, -0.2) is 25.0 Å². The molecule has 0 bridgehead atoms. The average molecular weight is 227 g/mol. The summed E-state index contributed by atoms with van der Waals surface area (Å²) in [5.74, 6) is 1.82. The van der Waals surface area contributed by atoms with Gasteiger partial charge in [0.1, 0.15) is 0 Å². The van der Waals surface area contributed by atoms with Crippen LogP contribution < -0.4 is 0 Å². The van der Waals surface area contributed by atoms with E-state index in [2.05, 4.69) is 39.6 Å². The molecule has 0 aliphatic carbocycles. The minimum absolute atomic E-state index is 0.911. The van der Waals surface area contributed by atoms with Crippen LogP contribution >= 0.6 is 0 Å². The van der Waals surface area contributed by atoms with E-state index < -0.39 is 0 Å². The molecule has 0 heterocycles. The van der Waals surface area contributed by atoms with E-state index in [1.165, 1.54) is 51.6 Å². The van der Waals surface area contributed by atoms with Crippen molar-refractivity contribution in [1.82, 2.24) is 4.90 Å². The molecule has 98 valence electrons. The Morgan fingerprint density at radius 1 is 0.750 bits per heavy atom. The molecule has 1 nitrogen and oxygen atoms in total. The van der Waals surface area contributed by atoms with E-state index in [1.54, 1.807) is 0 Å². The van der Waals surface area contributed by atoms with Gasteiger partial charge in [-0.1, -0.05) is 53.4 Å². The van der Waals surface area contributed by atoms with Gasteiger partial charge >= 0.3 is 0 Å². The third-order valence-electron chi connectivity index (χ3n) is 3.69. The van der Waals surface area contributed by atoms with Crippen LogP contribution in [-0.2, 0) is 0 Å². The van der Waals surface area contributed by atoms with Crippen LogP contribution in [0.1, 0.15) is 66.2 Å². The molecule has 0 aliphatic rings. The van der Waals surface area contributed by atoms with E-state index in [4.69, 9.17) is 0 Å². The molecule has 0 rings (SSSR count). The SMILES string of the molecule is CCCC(CC)CN(C)CC(CC)CCC. The molecule has 0 saturated heterocycles. The lowest BCUT2D eigenvalue weighted by atomic mass is 9.97. The Hall–Kier alpha value is -0.0400. The lowest BCUT2D eigenvalue weighted by Crippen LogP contribution is -2.30. The van der Waals surface area contributed by atoms with Gasteiger partial charge in [0.2, 0.25) is 0 Å². The van der Waals surface area contributed by atoms with Gasteiger partial charge in [0.15, 0.2) is 0 Å². The predicted molar refractivity (Wildman–Crippen MR) is 74.9 cm³/mol. The zero-order valence-electron chi connectivity index (χ0n) is 12.3. The summed E-state index contributed by atoms with van der Waals surface area (Å²) >= 11 is 0. The lowest BCUT2D eigenvalue weighted by molar-refractivity contribution is 0.218. The molecule has 16 heavy (non-hydrogen) atoms. The van der Waals surface area contributed by atoms with Gasteiger partial charge in [0.05, 0.1) is 0 Å². The fraction of sp³-hybridized carbons (Fsp3) is 1.00. The Morgan fingerprint density at radius 3 is 1.38 bits per heavy atom. The van der Waals surface area contributed by atoms with Crippen LogP contribution in [0.4, 0.5) is 0 Å². The summed E-state index contributed by atoms with van der Waals surface area (Å²) in [6.45, 7) is 11.9. The second-order valence-electron chi connectivity index (χ2n) is 5.35. The smallest absolute Gasteiger partial charge is 0.000662 e. The molecule has 0 aromatic carbocycles. The second kappa shape index (κ2) is 10.1. The molecular formula is C15H33N. The molecular weight excluding hydrogens is 194 g/mol. The van der Waals surface area contributed by atoms with E-state index in [0.29, 0.717) is 0 Å². The largest absolute Gasteiger partial charge is 0.306 e. The quantitative estimate of drug-likeness (QED) is 0.528. The van der Waals surface area contributed by atoms with Crippen molar-refractivity contribution >= 4 is 0 Å². The number of nitrogens with zero attached hydrogens (tertiary/aromatic N) is 1. The topological polar surface area (TPSA) is 3.24 Å².